The van der Waals surface area contributed by atoms with Crippen molar-refractivity contribution in [2.45, 2.75) is 27.2 Å². The number of anilines is 3. The fourth-order valence-corrected chi connectivity index (χ4v) is 3.72. The van der Waals surface area contributed by atoms with Gasteiger partial charge in [-0.05, 0) is 67.1 Å². The molecular weight excluding hydrogens is 350 g/mol. The molecule has 0 saturated heterocycles. The fraction of sp³-hybridized carbons (Fsp3) is 0.143. The Hall–Kier alpha value is -3.32. The smallest absolute Gasteiger partial charge is 0.0540 e. The Morgan fingerprint density at radius 1 is 0.759 bits per heavy atom. The molecular formula is C28H27N. The molecule has 0 radical (unpaired) electrons. The molecule has 29 heavy (non-hydrogen) atoms. The van der Waals surface area contributed by atoms with E-state index in [0.717, 1.165) is 6.42 Å². The molecule has 0 fully saturated rings. The third-order valence-corrected chi connectivity index (χ3v) is 5.35. The monoisotopic (exact) mass is 377 g/mol. The first-order valence-corrected chi connectivity index (χ1v) is 10.3. The zero-order valence-electron chi connectivity index (χ0n) is 17.4. The van der Waals surface area contributed by atoms with Crippen molar-refractivity contribution in [1.29, 1.82) is 0 Å². The largest absolute Gasteiger partial charge is 0.310 e. The predicted molar refractivity (Wildman–Crippen MR) is 127 cm³/mol. The molecule has 0 aromatic heterocycles. The molecule has 4 rings (SSSR count). The van der Waals surface area contributed by atoms with Gasteiger partial charge in [0.15, 0.2) is 0 Å². The minimum atomic E-state index is 1.04. The van der Waals surface area contributed by atoms with Crippen LogP contribution in [0.25, 0.3) is 16.8 Å². The zero-order valence-corrected chi connectivity index (χ0v) is 17.4. The molecule has 0 saturated carbocycles. The Morgan fingerprint density at radius 2 is 1.48 bits per heavy atom. The van der Waals surface area contributed by atoms with Gasteiger partial charge in [0, 0.05) is 16.8 Å². The predicted octanol–water partition coefficient (Wildman–Crippen LogP) is 8.35. The van der Waals surface area contributed by atoms with E-state index >= 15 is 0 Å². The van der Waals surface area contributed by atoms with Crippen molar-refractivity contribution in [3.05, 3.63) is 108 Å². The molecule has 1 heteroatoms. The zero-order chi connectivity index (χ0) is 20.2. The van der Waals surface area contributed by atoms with E-state index in [1.165, 1.54) is 44.5 Å². The van der Waals surface area contributed by atoms with Gasteiger partial charge in [0.1, 0.15) is 0 Å². The number of hydrogen-bond acceptors (Lipinski definition) is 1. The van der Waals surface area contributed by atoms with Crippen molar-refractivity contribution in [3.63, 3.8) is 0 Å². The van der Waals surface area contributed by atoms with Crippen molar-refractivity contribution in [1.82, 2.24) is 0 Å². The molecule has 0 aliphatic rings. The summed E-state index contributed by atoms with van der Waals surface area (Å²) in [5.41, 5.74) is 7.36. The summed E-state index contributed by atoms with van der Waals surface area (Å²) >= 11 is 0. The first-order chi connectivity index (χ1) is 14.2. The van der Waals surface area contributed by atoms with Gasteiger partial charge in [-0.25, -0.2) is 0 Å². The van der Waals surface area contributed by atoms with Crippen molar-refractivity contribution in [3.8, 4) is 0 Å². The minimum Gasteiger partial charge on any atom is -0.310 e. The van der Waals surface area contributed by atoms with E-state index in [4.69, 9.17) is 0 Å². The van der Waals surface area contributed by atoms with Gasteiger partial charge in [0.25, 0.3) is 0 Å². The lowest BCUT2D eigenvalue weighted by Gasteiger charge is -2.27. The highest BCUT2D eigenvalue weighted by Gasteiger charge is 2.15. The van der Waals surface area contributed by atoms with Crippen LogP contribution < -0.4 is 4.90 Å². The first-order valence-electron chi connectivity index (χ1n) is 10.3. The Bertz CT molecular complexity index is 1150. The van der Waals surface area contributed by atoms with E-state index in [1.807, 2.05) is 0 Å². The SMILES string of the molecule is CC/C=C\c1cc(N(c2ccc(C)cc2)c2cccc3ccccc23)ccc1C. The van der Waals surface area contributed by atoms with Gasteiger partial charge in [0.05, 0.1) is 5.69 Å². The second-order valence-corrected chi connectivity index (χ2v) is 7.52. The van der Waals surface area contributed by atoms with Crippen molar-refractivity contribution >= 4 is 33.9 Å². The van der Waals surface area contributed by atoms with Crippen LogP contribution in [0.3, 0.4) is 0 Å². The molecule has 0 unspecified atom stereocenters. The topological polar surface area (TPSA) is 3.24 Å². The molecule has 0 amide bonds. The van der Waals surface area contributed by atoms with Gasteiger partial charge in [-0.1, -0.05) is 79.2 Å². The Morgan fingerprint density at radius 3 is 2.28 bits per heavy atom. The highest BCUT2D eigenvalue weighted by Crippen LogP contribution is 2.39. The average Bonchev–Trinajstić information content (AvgIpc) is 2.75. The van der Waals surface area contributed by atoms with Crippen LogP contribution in [0.1, 0.15) is 30.0 Å². The highest BCUT2D eigenvalue weighted by atomic mass is 15.1. The molecule has 4 aromatic carbocycles. The summed E-state index contributed by atoms with van der Waals surface area (Å²) in [5.74, 6) is 0. The summed E-state index contributed by atoms with van der Waals surface area (Å²) in [6.07, 6.45) is 5.49. The summed E-state index contributed by atoms with van der Waals surface area (Å²) in [4.78, 5) is 2.37. The van der Waals surface area contributed by atoms with Crippen LogP contribution in [-0.4, -0.2) is 0 Å². The molecule has 0 aliphatic heterocycles. The molecule has 0 N–H and O–H groups in total. The summed E-state index contributed by atoms with van der Waals surface area (Å²) in [6.45, 7) is 6.48. The van der Waals surface area contributed by atoms with Gasteiger partial charge >= 0.3 is 0 Å². The van der Waals surface area contributed by atoms with Gasteiger partial charge in [0.2, 0.25) is 0 Å². The van der Waals surface area contributed by atoms with E-state index in [1.54, 1.807) is 0 Å². The van der Waals surface area contributed by atoms with Gasteiger partial charge in [-0.2, -0.15) is 0 Å². The number of rotatable bonds is 5. The molecule has 0 heterocycles. The Balaban J connectivity index is 1.95. The second-order valence-electron chi connectivity index (χ2n) is 7.52. The number of benzene rings is 4. The van der Waals surface area contributed by atoms with Crippen LogP contribution in [0.15, 0.2) is 91.0 Å². The van der Waals surface area contributed by atoms with Crippen molar-refractivity contribution < 1.29 is 0 Å². The summed E-state index contributed by atoms with van der Waals surface area (Å²) in [5, 5.41) is 2.50. The summed E-state index contributed by atoms with van der Waals surface area (Å²) in [7, 11) is 0. The van der Waals surface area contributed by atoms with Gasteiger partial charge in [-0.3, -0.25) is 0 Å². The molecule has 144 valence electrons. The molecule has 0 aliphatic carbocycles. The van der Waals surface area contributed by atoms with E-state index in [-0.39, 0.29) is 0 Å². The number of fused-ring (bicyclic) bond motifs is 1. The standard InChI is InChI=1S/C28H27N/c1-4-5-9-24-20-26(19-16-22(24)3)29(25-17-14-21(2)15-18-25)28-13-8-11-23-10-6-7-12-27(23)28/h5-20H,4H2,1-3H3/b9-5-. The molecule has 4 aromatic rings. The number of aryl methyl sites for hydroxylation is 2. The van der Waals surface area contributed by atoms with Crippen LogP contribution in [-0.2, 0) is 0 Å². The lowest BCUT2D eigenvalue weighted by Crippen LogP contribution is -2.10. The maximum atomic E-state index is 2.37. The number of hydrogen-bond donors (Lipinski definition) is 0. The highest BCUT2D eigenvalue weighted by molar-refractivity contribution is 5.99. The maximum absolute atomic E-state index is 2.37. The Labute approximate surface area is 173 Å². The first kappa shape index (κ1) is 19.0. The van der Waals surface area contributed by atoms with Gasteiger partial charge < -0.3 is 4.90 Å². The van der Waals surface area contributed by atoms with Crippen LogP contribution in [0.4, 0.5) is 17.1 Å². The Kier molecular flexibility index (Phi) is 5.48. The van der Waals surface area contributed by atoms with E-state index in [2.05, 4.69) is 123 Å². The molecule has 0 spiro atoms. The van der Waals surface area contributed by atoms with E-state index < -0.39 is 0 Å². The minimum absolute atomic E-state index is 1.04. The quantitative estimate of drug-likeness (QED) is 0.338. The fourth-order valence-electron chi connectivity index (χ4n) is 3.72. The number of nitrogens with zero attached hydrogens (tertiary/aromatic N) is 1. The van der Waals surface area contributed by atoms with E-state index in [9.17, 15) is 0 Å². The molecule has 0 atom stereocenters. The normalized spacial score (nSPS) is 11.3. The number of allylic oxidation sites excluding steroid dienone is 1. The average molecular weight is 378 g/mol. The summed E-state index contributed by atoms with van der Waals surface area (Å²) < 4.78 is 0. The molecule has 0 bridgehead atoms. The van der Waals surface area contributed by atoms with Crippen molar-refractivity contribution in [2.75, 3.05) is 4.90 Å². The van der Waals surface area contributed by atoms with Crippen LogP contribution in [0, 0.1) is 13.8 Å². The van der Waals surface area contributed by atoms with Crippen LogP contribution >= 0.6 is 0 Å². The third kappa shape index (κ3) is 3.95. The van der Waals surface area contributed by atoms with E-state index in [0.29, 0.717) is 0 Å². The summed E-state index contributed by atoms with van der Waals surface area (Å²) in [6, 6.07) is 30.6. The van der Waals surface area contributed by atoms with Crippen LogP contribution in [0.2, 0.25) is 0 Å². The third-order valence-electron chi connectivity index (χ3n) is 5.35. The van der Waals surface area contributed by atoms with Crippen molar-refractivity contribution in [2.24, 2.45) is 0 Å². The lowest BCUT2D eigenvalue weighted by molar-refractivity contribution is 1.23. The van der Waals surface area contributed by atoms with Crippen LogP contribution in [0.5, 0.6) is 0 Å². The lowest BCUT2D eigenvalue weighted by atomic mass is 10.0. The van der Waals surface area contributed by atoms with Gasteiger partial charge in [-0.15, -0.1) is 0 Å². The molecule has 1 nitrogen and oxygen atoms in total. The maximum Gasteiger partial charge on any atom is 0.0540 e. The second kappa shape index (κ2) is 8.36.